The Balaban J connectivity index is 2.31. The highest BCUT2D eigenvalue weighted by atomic mass is 16.2. The van der Waals surface area contributed by atoms with E-state index < -0.39 is 6.17 Å². The van der Waals surface area contributed by atoms with E-state index in [0.717, 1.165) is 5.56 Å². The quantitative estimate of drug-likeness (QED) is 0.743. The Morgan fingerprint density at radius 2 is 2.14 bits per heavy atom. The Morgan fingerprint density at radius 3 is 2.71 bits per heavy atom. The predicted molar refractivity (Wildman–Crippen MR) is 54.5 cm³/mol. The van der Waals surface area contributed by atoms with Gasteiger partial charge < -0.3 is 11.1 Å². The Morgan fingerprint density at radius 1 is 1.50 bits per heavy atom. The largest absolute Gasteiger partial charge is 0.338 e. The maximum absolute atomic E-state index is 11.1. The van der Waals surface area contributed by atoms with Gasteiger partial charge in [0, 0.05) is 6.54 Å². The molecule has 0 aliphatic carbocycles. The molecule has 0 saturated heterocycles. The summed E-state index contributed by atoms with van der Waals surface area (Å²) < 4.78 is 0. The summed E-state index contributed by atoms with van der Waals surface area (Å²) in [5.41, 5.74) is 6.38. The van der Waals surface area contributed by atoms with Gasteiger partial charge in [0.15, 0.2) is 0 Å². The second kappa shape index (κ2) is 5.24. The molecule has 1 aromatic rings. The zero-order valence-corrected chi connectivity index (χ0v) is 8.10. The van der Waals surface area contributed by atoms with Crippen LogP contribution >= 0.6 is 0 Å². The summed E-state index contributed by atoms with van der Waals surface area (Å²) in [6, 6.07) is 9.27. The minimum absolute atomic E-state index is 0.371. The first-order chi connectivity index (χ1) is 6.68. The van der Waals surface area contributed by atoms with Crippen molar-refractivity contribution in [3.05, 3.63) is 35.9 Å². The summed E-state index contributed by atoms with van der Waals surface area (Å²) in [4.78, 5) is 11.1. The van der Waals surface area contributed by atoms with Gasteiger partial charge in [-0.1, -0.05) is 30.3 Å². The summed E-state index contributed by atoms with van der Waals surface area (Å²) in [6.45, 7) is 2.14. The molecule has 0 aliphatic rings. The van der Waals surface area contributed by atoms with Crippen molar-refractivity contribution in [3.8, 4) is 0 Å². The van der Waals surface area contributed by atoms with Crippen LogP contribution in [0, 0.1) is 0 Å². The molecule has 1 aromatic carbocycles. The molecule has 2 amide bonds. The molecule has 1 rings (SSSR count). The third-order valence-electron chi connectivity index (χ3n) is 1.61. The van der Waals surface area contributed by atoms with Crippen molar-refractivity contribution >= 4 is 6.03 Å². The van der Waals surface area contributed by atoms with Crippen LogP contribution in [0.3, 0.4) is 0 Å². The lowest BCUT2D eigenvalue weighted by molar-refractivity contribution is 0.236. The number of nitrogens with one attached hydrogen (secondary N) is 1. The molecule has 0 aromatic heterocycles. The van der Waals surface area contributed by atoms with E-state index in [1.807, 2.05) is 30.3 Å². The molecule has 75 valence electrons. The Labute approximate surface area is 83.5 Å². The molecule has 0 aliphatic heterocycles. The fraction of sp³-hybridized carbons (Fsp3) is 0.300. The van der Waals surface area contributed by atoms with Crippen molar-refractivity contribution in [3.63, 3.8) is 0 Å². The summed E-state index contributed by atoms with van der Waals surface area (Å²) in [5, 5.41) is 6.26. The predicted octanol–water partition coefficient (Wildman–Crippen LogP) is 0.805. The van der Waals surface area contributed by atoms with E-state index >= 15 is 0 Å². The number of hydrogen-bond acceptors (Lipinski definition) is 2. The Bertz CT molecular complexity index is 285. The average molecular weight is 192 g/mol. The van der Waals surface area contributed by atoms with Crippen molar-refractivity contribution in [2.75, 3.05) is 0 Å². The van der Waals surface area contributed by atoms with Crippen molar-refractivity contribution in [1.29, 1.82) is 0 Å². The summed E-state index contributed by atoms with van der Waals surface area (Å²) in [6.07, 6.45) is -0.453. The van der Waals surface area contributed by atoms with Crippen LogP contribution in [0.1, 0.15) is 12.5 Å². The van der Waals surface area contributed by atoms with Gasteiger partial charge in [-0.2, -0.15) is 0 Å². The van der Waals surface area contributed by atoms with E-state index in [9.17, 15) is 4.79 Å². The zero-order valence-electron chi connectivity index (χ0n) is 8.10. The van der Waals surface area contributed by atoms with Gasteiger partial charge in [0.2, 0.25) is 0 Å². The molecule has 0 bridgehead atoms. The zero-order chi connectivity index (χ0) is 10.4. The highest BCUT2D eigenvalue weighted by molar-refractivity contribution is 5.73. The Hall–Kier alpha value is -1.55. The van der Waals surface area contributed by atoms with E-state index in [1.54, 1.807) is 6.92 Å². The smallest absolute Gasteiger partial charge is 0.332 e. The van der Waals surface area contributed by atoms with Crippen molar-refractivity contribution < 1.29 is 4.79 Å². The number of nitrogens with zero attached hydrogens (tertiary/aromatic N) is 1. The van der Waals surface area contributed by atoms with E-state index in [0.29, 0.717) is 6.54 Å². The van der Waals surface area contributed by atoms with Crippen LogP contribution in [0.5, 0.6) is 0 Å². The van der Waals surface area contributed by atoms with Crippen molar-refractivity contribution in [2.45, 2.75) is 19.6 Å². The molecule has 4 nitrogen and oxygen atoms in total. The van der Waals surface area contributed by atoms with Crippen LogP contribution in [0.25, 0.3) is 0 Å². The molecule has 0 heterocycles. The monoisotopic (exact) mass is 192 g/mol. The van der Waals surface area contributed by atoms with Crippen LogP contribution in [-0.2, 0) is 6.54 Å². The minimum Gasteiger partial charge on any atom is -0.332 e. The molecule has 0 fully saturated rings. The molecule has 1 atom stereocenters. The molecular formula is C10H14N3O. The Kier molecular flexibility index (Phi) is 3.94. The van der Waals surface area contributed by atoms with E-state index in [1.165, 1.54) is 0 Å². The number of urea groups is 1. The molecule has 3 N–H and O–H groups in total. The number of hydrogen-bond donors (Lipinski definition) is 2. The normalized spacial score (nSPS) is 11.9. The third-order valence-corrected chi connectivity index (χ3v) is 1.61. The van der Waals surface area contributed by atoms with E-state index in [2.05, 4.69) is 10.6 Å². The summed E-state index contributed by atoms with van der Waals surface area (Å²) in [7, 11) is 0. The first kappa shape index (κ1) is 10.5. The van der Waals surface area contributed by atoms with Crippen LogP contribution in [0.4, 0.5) is 4.79 Å². The van der Waals surface area contributed by atoms with Crippen LogP contribution < -0.4 is 16.4 Å². The average Bonchev–Trinajstić information content (AvgIpc) is 2.15. The lowest BCUT2D eigenvalue weighted by Gasteiger charge is -2.06. The lowest BCUT2D eigenvalue weighted by Crippen LogP contribution is -2.38. The fourth-order valence-corrected chi connectivity index (χ4v) is 1.00. The first-order valence-electron chi connectivity index (χ1n) is 4.46. The number of carbonyl (C=O) groups excluding carboxylic acids is 1. The highest BCUT2D eigenvalue weighted by Gasteiger charge is 2.03. The van der Waals surface area contributed by atoms with Gasteiger partial charge in [-0.15, -0.1) is 0 Å². The fourth-order valence-electron chi connectivity index (χ4n) is 1.00. The first-order valence-corrected chi connectivity index (χ1v) is 4.46. The second-order valence-electron chi connectivity index (χ2n) is 3.01. The van der Waals surface area contributed by atoms with Gasteiger partial charge in [-0.25, -0.2) is 10.1 Å². The molecule has 1 radical (unpaired) electrons. The van der Waals surface area contributed by atoms with Gasteiger partial charge in [0.25, 0.3) is 0 Å². The maximum atomic E-state index is 11.1. The van der Waals surface area contributed by atoms with Crippen LogP contribution in [0.15, 0.2) is 30.3 Å². The molecule has 4 heteroatoms. The SMILES string of the molecule is CC(N)[N]C(=O)NCc1ccccc1. The van der Waals surface area contributed by atoms with Gasteiger partial charge in [-0.05, 0) is 12.5 Å². The van der Waals surface area contributed by atoms with E-state index in [-0.39, 0.29) is 6.03 Å². The van der Waals surface area contributed by atoms with Gasteiger partial charge in [0.1, 0.15) is 0 Å². The summed E-state index contributed by atoms with van der Waals surface area (Å²) in [5.74, 6) is 0. The molecule has 14 heavy (non-hydrogen) atoms. The second-order valence-corrected chi connectivity index (χ2v) is 3.01. The number of rotatable bonds is 3. The van der Waals surface area contributed by atoms with Crippen LogP contribution in [-0.4, -0.2) is 12.2 Å². The minimum atomic E-state index is -0.453. The van der Waals surface area contributed by atoms with Crippen molar-refractivity contribution in [2.24, 2.45) is 5.73 Å². The van der Waals surface area contributed by atoms with Gasteiger partial charge in [-0.3, -0.25) is 0 Å². The third kappa shape index (κ3) is 3.91. The molecular weight excluding hydrogens is 178 g/mol. The molecule has 0 spiro atoms. The van der Waals surface area contributed by atoms with Gasteiger partial charge in [0.05, 0.1) is 6.17 Å². The molecule has 1 unspecified atom stereocenters. The number of amides is 2. The topological polar surface area (TPSA) is 69.2 Å². The number of benzene rings is 1. The number of carbonyl (C=O) groups is 1. The van der Waals surface area contributed by atoms with Crippen LogP contribution in [0.2, 0.25) is 0 Å². The molecule has 0 saturated carbocycles. The highest BCUT2D eigenvalue weighted by Crippen LogP contribution is 1.96. The van der Waals surface area contributed by atoms with E-state index in [4.69, 9.17) is 5.73 Å². The lowest BCUT2D eigenvalue weighted by atomic mass is 10.2. The summed E-state index contributed by atoms with van der Waals surface area (Å²) >= 11 is 0. The standard InChI is InChI=1S/C10H14N3O/c1-8(11)13-10(14)12-7-9-5-3-2-4-6-9/h2-6,8H,7,11H2,1H3,(H,12,14). The van der Waals surface area contributed by atoms with Gasteiger partial charge >= 0.3 is 6.03 Å². The maximum Gasteiger partial charge on any atom is 0.338 e. The number of nitrogens with two attached hydrogens (primary N) is 1. The van der Waals surface area contributed by atoms with Crippen molar-refractivity contribution in [1.82, 2.24) is 10.6 Å².